The summed E-state index contributed by atoms with van der Waals surface area (Å²) in [6.07, 6.45) is 2.16. The molecule has 0 bridgehead atoms. The Hall–Kier alpha value is -1.55. The normalized spacial score (nSPS) is 17.4. The van der Waals surface area contributed by atoms with E-state index in [0.717, 1.165) is 43.0 Å². The lowest BCUT2D eigenvalue weighted by Crippen LogP contribution is -2.27. The van der Waals surface area contributed by atoms with Gasteiger partial charge in [0.15, 0.2) is 0 Å². The molecule has 1 aliphatic heterocycles. The van der Waals surface area contributed by atoms with Gasteiger partial charge in [0.05, 0.1) is 6.61 Å². The summed E-state index contributed by atoms with van der Waals surface area (Å²) in [6.45, 7) is 5.62. The second-order valence-corrected chi connectivity index (χ2v) is 4.43. The molecule has 0 aromatic heterocycles. The molecule has 4 nitrogen and oxygen atoms in total. The summed E-state index contributed by atoms with van der Waals surface area (Å²) in [4.78, 5) is 11.8. The summed E-state index contributed by atoms with van der Waals surface area (Å²) < 4.78 is 5.63. The highest BCUT2D eigenvalue weighted by atomic mass is 16.5. The van der Waals surface area contributed by atoms with E-state index in [-0.39, 0.29) is 11.9 Å². The topological polar surface area (TPSA) is 50.4 Å². The highest BCUT2D eigenvalue weighted by Crippen LogP contribution is 2.33. The summed E-state index contributed by atoms with van der Waals surface area (Å²) in [5, 5.41) is 6.05. The van der Waals surface area contributed by atoms with Crippen LogP contribution in [0.2, 0.25) is 0 Å². The maximum absolute atomic E-state index is 11.8. The zero-order valence-corrected chi connectivity index (χ0v) is 11.0. The van der Waals surface area contributed by atoms with Crippen LogP contribution in [0.1, 0.15) is 38.3 Å². The minimum absolute atomic E-state index is 0.0116. The lowest BCUT2D eigenvalue weighted by molar-refractivity contribution is -0.117. The van der Waals surface area contributed by atoms with Gasteiger partial charge in [0, 0.05) is 17.3 Å². The Bertz CT molecular complexity index is 432. The number of benzene rings is 1. The molecule has 0 fully saturated rings. The first kappa shape index (κ1) is 12.9. The first-order valence-corrected chi connectivity index (χ1v) is 6.57. The van der Waals surface area contributed by atoms with Gasteiger partial charge in [-0.05, 0) is 19.0 Å². The molecule has 1 amide bonds. The summed E-state index contributed by atoms with van der Waals surface area (Å²) >= 11 is 0. The number of rotatable bonds is 6. The second kappa shape index (κ2) is 5.87. The number of hydrogen-bond donors (Lipinski definition) is 2. The number of fused-ring (bicyclic) bond motifs is 1. The molecule has 2 N–H and O–H groups in total. The van der Waals surface area contributed by atoms with Crippen molar-refractivity contribution < 1.29 is 9.53 Å². The van der Waals surface area contributed by atoms with Gasteiger partial charge in [-0.3, -0.25) is 4.79 Å². The van der Waals surface area contributed by atoms with Gasteiger partial charge in [0.25, 0.3) is 0 Å². The van der Waals surface area contributed by atoms with Crippen molar-refractivity contribution in [3.05, 3.63) is 23.8 Å². The third-order valence-electron chi connectivity index (χ3n) is 3.03. The van der Waals surface area contributed by atoms with E-state index in [4.69, 9.17) is 4.74 Å². The second-order valence-electron chi connectivity index (χ2n) is 4.43. The van der Waals surface area contributed by atoms with E-state index in [1.807, 2.05) is 25.1 Å². The van der Waals surface area contributed by atoms with Gasteiger partial charge in [0.2, 0.25) is 5.91 Å². The van der Waals surface area contributed by atoms with Crippen molar-refractivity contribution in [2.45, 2.75) is 32.7 Å². The Labute approximate surface area is 108 Å². The average molecular weight is 248 g/mol. The zero-order valence-electron chi connectivity index (χ0n) is 11.0. The average Bonchev–Trinajstić information content (AvgIpc) is 2.66. The fraction of sp³-hybridized carbons (Fsp3) is 0.500. The van der Waals surface area contributed by atoms with Crippen molar-refractivity contribution in [3.63, 3.8) is 0 Å². The van der Waals surface area contributed by atoms with Crippen LogP contribution in [0.5, 0.6) is 5.75 Å². The van der Waals surface area contributed by atoms with Crippen LogP contribution in [0.25, 0.3) is 0 Å². The maximum atomic E-state index is 11.8. The number of unbranched alkanes of at least 4 members (excludes halogenated alkanes) is 1. The van der Waals surface area contributed by atoms with E-state index < -0.39 is 0 Å². The Morgan fingerprint density at radius 1 is 1.39 bits per heavy atom. The molecule has 0 radical (unpaired) electrons. The summed E-state index contributed by atoms with van der Waals surface area (Å²) in [5.74, 6) is 0.831. The number of likely N-dealkylation sites (N-methyl/N-ethyl adjacent to an activating group) is 1. The minimum atomic E-state index is -0.227. The number of carbonyl (C=O) groups excluding carboxylic acids is 1. The highest BCUT2D eigenvalue weighted by molar-refractivity contribution is 6.02. The summed E-state index contributed by atoms with van der Waals surface area (Å²) in [7, 11) is 0. The molecule has 18 heavy (non-hydrogen) atoms. The van der Waals surface area contributed by atoms with Crippen LogP contribution in [0, 0.1) is 0 Å². The van der Waals surface area contributed by atoms with E-state index in [1.165, 1.54) is 0 Å². The molecule has 1 aromatic rings. The fourth-order valence-electron chi connectivity index (χ4n) is 2.07. The number of nitrogens with one attached hydrogen (secondary N) is 2. The first-order valence-electron chi connectivity index (χ1n) is 6.57. The third-order valence-corrected chi connectivity index (χ3v) is 3.03. The lowest BCUT2D eigenvalue weighted by Gasteiger charge is -2.10. The monoisotopic (exact) mass is 248 g/mol. The number of carbonyl (C=O) groups is 1. The van der Waals surface area contributed by atoms with E-state index in [2.05, 4.69) is 17.6 Å². The van der Waals surface area contributed by atoms with Gasteiger partial charge in [-0.15, -0.1) is 0 Å². The molecule has 0 saturated heterocycles. The summed E-state index contributed by atoms with van der Waals surface area (Å²) in [6, 6.07) is 5.57. The Balaban J connectivity index is 2.09. The molecule has 0 saturated carbocycles. The SMILES string of the molecule is CCCCOc1ccc2c(c1)NC(=O)C2NCC. The summed E-state index contributed by atoms with van der Waals surface area (Å²) in [5.41, 5.74) is 1.87. The van der Waals surface area contributed by atoms with Gasteiger partial charge in [-0.25, -0.2) is 0 Å². The fourth-order valence-corrected chi connectivity index (χ4v) is 2.07. The predicted octanol–water partition coefficient (Wildman–Crippen LogP) is 2.47. The Morgan fingerprint density at radius 2 is 2.22 bits per heavy atom. The van der Waals surface area contributed by atoms with Gasteiger partial charge >= 0.3 is 0 Å². The van der Waals surface area contributed by atoms with Crippen molar-refractivity contribution >= 4 is 11.6 Å². The van der Waals surface area contributed by atoms with Crippen LogP contribution in [0.3, 0.4) is 0 Å². The van der Waals surface area contributed by atoms with Crippen LogP contribution >= 0.6 is 0 Å². The van der Waals surface area contributed by atoms with Crippen LogP contribution in [0.15, 0.2) is 18.2 Å². The van der Waals surface area contributed by atoms with Gasteiger partial charge in [0.1, 0.15) is 11.8 Å². The van der Waals surface area contributed by atoms with E-state index in [9.17, 15) is 4.79 Å². The molecular weight excluding hydrogens is 228 g/mol. The smallest absolute Gasteiger partial charge is 0.246 e. The maximum Gasteiger partial charge on any atom is 0.246 e. The van der Waals surface area contributed by atoms with E-state index in [0.29, 0.717) is 0 Å². The van der Waals surface area contributed by atoms with Crippen molar-refractivity contribution in [3.8, 4) is 5.75 Å². The Kier molecular flexibility index (Phi) is 4.20. The van der Waals surface area contributed by atoms with Gasteiger partial charge < -0.3 is 15.4 Å². The first-order chi connectivity index (χ1) is 8.76. The van der Waals surface area contributed by atoms with Gasteiger partial charge in [-0.1, -0.05) is 26.3 Å². The largest absolute Gasteiger partial charge is 0.494 e. The molecular formula is C14H20N2O2. The number of hydrogen-bond acceptors (Lipinski definition) is 3. The minimum Gasteiger partial charge on any atom is -0.494 e. The molecule has 98 valence electrons. The number of ether oxygens (including phenoxy) is 1. The van der Waals surface area contributed by atoms with Crippen molar-refractivity contribution in [1.82, 2.24) is 5.32 Å². The van der Waals surface area contributed by atoms with Crippen LogP contribution in [-0.2, 0) is 4.79 Å². The van der Waals surface area contributed by atoms with Crippen molar-refractivity contribution in [1.29, 1.82) is 0 Å². The highest BCUT2D eigenvalue weighted by Gasteiger charge is 2.29. The molecule has 1 unspecified atom stereocenters. The molecule has 2 rings (SSSR count). The zero-order chi connectivity index (χ0) is 13.0. The van der Waals surface area contributed by atoms with Gasteiger partial charge in [-0.2, -0.15) is 0 Å². The van der Waals surface area contributed by atoms with Crippen LogP contribution in [-0.4, -0.2) is 19.1 Å². The van der Waals surface area contributed by atoms with Crippen molar-refractivity contribution in [2.75, 3.05) is 18.5 Å². The Morgan fingerprint density at radius 3 is 2.94 bits per heavy atom. The van der Waals surface area contributed by atoms with Crippen LogP contribution < -0.4 is 15.4 Å². The van der Waals surface area contributed by atoms with E-state index >= 15 is 0 Å². The number of anilines is 1. The third kappa shape index (κ3) is 2.64. The quantitative estimate of drug-likeness (QED) is 0.760. The lowest BCUT2D eigenvalue weighted by atomic mass is 10.1. The molecule has 4 heteroatoms. The molecule has 0 spiro atoms. The standard InChI is InChI=1S/C14H20N2O2/c1-3-5-8-18-10-6-7-11-12(9-10)16-14(17)13(11)15-4-2/h6-7,9,13,15H,3-5,8H2,1-2H3,(H,16,17). The predicted molar refractivity (Wildman–Crippen MR) is 71.9 cm³/mol. The molecule has 1 aromatic carbocycles. The van der Waals surface area contributed by atoms with Crippen LogP contribution in [0.4, 0.5) is 5.69 Å². The molecule has 1 aliphatic rings. The van der Waals surface area contributed by atoms with E-state index in [1.54, 1.807) is 0 Å². The number of amides is 1. The molecule has 1 heterocycles. The molecule has 0 aliphatic carbocycles. The molecule has 1 atom stereocenters. The van der Waals surface area contributed by atoms with Crippen molar-refractivity contribution in [2.24, 2.45) is 0 Å².